The van der Waals surface area contributed by atoms with Crippen LogP contribution in [-0.2, 0) is 13.0 Å². The highest BCUT2D eigenvalue weighted by Gasteiger charge is 2.13. The van der Waals surface area contributed by atoms with Crippen molar-refractivity contribution in [3.63, 3.8) is 0 Å². The molecular formula is C29H29FN6O. The Kier molecular flexibility index (Phi) is 6.18. The van der Waals surface area contributed by atoms with E-state index < -0.39 is 0 Å². The minimum absolute atomic E-state index is 0.168. The summed E-state index contributed by atoms with van der Waals surface area (Å²) in [6.45, 7) is 4.49. The van der Waals surface area contributed by atoms with Gasteiger partial charge in [0.25, 0.3) is 5.56 Å². The van der Waals surface area contributed by atoms with Gasteiger partial charge in [-0.05, 0) is 92.9 Å². The molecule has 0 saturated carbocycles. The van der Waals surface area contributed by atoms with Gasteiger partial charge in [-0.1, -0.05) is 6.07 Å². The Morgan fingerprint density at radius 1 is 1.08 bits per heavy atom. The van der Waals surface area contributed by atoms with Gasteiger partial charge < -0.3 is 10.6 Å². The standard InChI is InChI=1S/C29H29FN6O/c1-19-18-35(27-16-22(30)3-4-25(19)27)28-6-7-29(37)36(34-28)13-10-20-2-5-26-21(14-20)15-24(17-32-26)33-23-8-11-31-12-9-23/h2-7,14-18,23,31,33H,8-13H2,1H3. The molecule has 1 fully saturated rings. The molecule has 0 spiro atoms. The molecule has 0 atom stereocenters. The van der Waals surface area contributed by atoms with E-state index in [1.165, 1.54) is 22.9 Å². The second-order valence-electron chi connectivity index (χ2n) is 9.77. The van der Waals surface area contributed by atoms with Crippen LogP contribution in [0.1, 0.15) is 24.0 Å². The molecule has 7 nitrogen and oxygen atoms in total. The minimum atomic E-state index is -0.305. The molecule has 5 aromatic rings. The summed E-state index contributed by atoms with van der Waals surface area (Å²) in [5.74, 6) is 0.278. The maximum atomic E-state index is 13.9. The van der Waals surface area contributed by atoms with Crippen LogP contribution in [0.3, 0.4) is 0 Å². The highest BCUT2D eigenvalue weighted by atomic mass is 19.1. The van der Waals surface area contributed by atoms with Crippen LogP contribution in [0, 0.1) is 12.7 Å². The van der Waals surface area contributed by atoms with Crippen LogP contribution >= 0.6 is 0 Å². The van der Waals surface area contributed by atoms with Gasteiger partial charge in [0.15, 0.2) is 5.82 Å². The molecule has 0 bridgehead atoms. The number of rotatable bonds is 6. The van der Waals surface area contributed by atoms with Crippen molar-refractivity contribution >= 4 is 27.5 Å². The van der Waals surface area contributed by atoms with E-state index in [9.17, 15) is 9.18 Å². The van der Waals surface area contributed by atoms with E-state index >= 15 is 0 Å². The molecule has 0 unspecified atom stereocenters. The summed E-state index contributed by atoms with van der Waals surface area (Å²) >= 11 is 0. The predicted molar refractivity (Wildman–Crippen MR) is 145 cm³/mol. The number of fused-ring (bicyclic) bond motifs is 2. The molecule has 0 amide bonds. The Labute approximate surface area is 214 Å². The second-order valence-corrected chi connectivity index (χ2v) is 9.77. The number of benzene rings is 2. The van der Waals surface area contributed by atoms with Crippen LogP contribution in [0.5, 0.6) is 0 Å². The van der Waals surface area contributed by atoms with Crippen molar-refractivity contribution in [1.82, 2.24) is 24.6 Å². The summed E-state index contributed by atoms with van der Waals surface area (Å²) in [6, 6.07) is 16.8. The Morgan fingerprint density at radius 3 is 2.81 bits per heavy atom. The number of hydrogen-bond acceptors (Lipinski definition) is 5. The number of nitrogens with zero attached hydrogens (tertiary/aromatic N) is 4. The average Bonchev–Trinajstić information content (AvgIpc) is 3.24. The quantitative estimate of drug-likeness (QED) is 0.360. The monoisotopic (exact) mass is 496 g/mol. The van der Waals surface area contributed by atoms with Crippen LogP contribution in [0.15, 0.2) is 71.8 Å². The third-order valence-corrected chi connectivity index (χ3v) is 7.13. The number of nitrogens with one attached hydrogen (secondary N) is 2. The first-order chi connectivity index (χ1) is 18.0. The van der Waals surface area contributed by atoms with E-state index in [2.05, 4.69) is 38.9 Å². The fourth-order valence-electron chi connectivity index (χ4n) is 5.14. The summed E-state index contributed by atoms with van der Waals surface area (Å²) in [6.07, 6.45) is 6.68. The Bertz CT molecular complexity index is 1650. The van der Waals surface area contributed by atoms with E-state index in [1.54, 1.807) is 12.1 Å². The molecule has 8 heteroatoms. The third kappa shape index (κ3) is 4.84. The first kappa shape index (κ1) is 23.4. The maximum absolute atomic E-state index is 13.9. The van der Waals surface area contributed by atoms with Crippen LogP contribution in [0.4, 0.5) is 10.1 Å². The highest BCUT2D eigenvalue weighted by Crippen LogP contribution is 2.24. The summed E-state index contributed by atoms with van der Waals surface area (Å²) < 4.78 is 17.3. The molecule has 1 saturated heterocycles. The normalized spacial score (nSPS) is 14.4. The van der Waals surface area contributed by atoms with Crippen LogP contribution in [-0.4, -0.2) is 38.5 Å². The predicted octanol–water partition coefficient (Wildman–Crippen LogP) is 4.59. The molecule has 2 N–H and O–H groups in total. The van der Waals surface area contributed by atoms with Crippen LogP contribution in [0.25, 0.3) is 27.6 Å². The molecule has 2 aromatic carbocycles. The zero-order valence-electron chi connectivity index (χ0n) is 20.7. The number of pyridine rings is 1. The lowest BCUT2D eigenvalue weighted by atomic mass is 10.1. The van der Waals surface area contributed by atoms with Gasteiger partial charge in [-0.3, -0.25) is 14.3 Å². The molecule has 0 aliphatic carbocycles. The number of anilines is 1. The molecule has 1 aliphatic rings. The molecular weight excluding hydrogens is 467 g/mol. The highest BCUT2D eigenvalue weighted by molar-refractivity contribution is 5.85. The minimum Gasteiger partial charge on any atom is -0.381 e. The van der Waals surface area contributed by atoms with Crippen molar-refractivity contribution < 1.29 is 4.39 Å². The number of hydrogen-bond donors (Lipinski definition) is 2. The van der Waals surface area contributed by atoms with Gasteiger partial charge in [0.1, 0.15) is 5.82 Å². The Balaban J connectivity index is 1.23. The van der Waals surface area contributed by atoms with Gasteiger partial charge in [-0.25, -0.2) is 9.07 Å². The molecule has 3 aromatic heterocycles. The van der Waals surface area contributed by atoms with Gasteiger partial charge in [0.05, 0.1) is 22.9 Å². The molecule has 6 rings (SSSR count). The summed E-state index contributed by atoms with van der Waals surface area (Å²) in [4.78, 5) is 17.2. The van der Waals surface area contributed by atoms with E-state index in [4.69, 9.17) is 0 Å². The maximum Gasteiger partial charge on any atom is 0.266 e. The fourth-order valence-corrected chi connectivity index (χ4v) is 5.14. The van der Waals surface area contributed by atoms with Crippen molar-refractivity contribution in [2.45, 2.75) is 38.8 Å². The van der Waals surface area contributed by atoms with Gasteiger partial charge in [0.2, 0.25) is 0 Å². The third-order valence-electron chi connectivity index (χ3n) is 7.13. The Morgan fingerprint density at radius 2 is 1.95 bits per heavy atom. The topological polar surface area (TPSA) is 76.8 Å². The average molecular weight is 497 g/mol. The number of aromatic nitrogens is 4. The Hall–Kier alpha value is -4.04. The number of aryl methyl sites for hydroxylation is 3. The lowest BCUT2D eigenvalue weighted by molar-refractivity contribution is 0.479. The molecule has 1 aliphatic heterocycles. The lowest BCUT2D eigenvalue weighted by Gasteiger charge is -2.24. The SMILES string of the molecule is Cc1cn(-c2ccc(=O)n(CCc3ccc4ncc(NC5CCNCC5)cc4c3)n2)c2cc(F)ccc12. The second kappa shape index (κ2) is 9.78. The summed E-state index contributed by atoms with van der Waals surface area (Å²) in [7, 11) is 0. The molecule has 0 radical (unpaired) electrons. The summed E-state index contributed by atoms with van der Waals surface area (Å²) in [5.41, 5.74) is 4.67. The largest absolute Gasteiger partial charge is 0.381 e. The van der Waals surface area contributed by atoms with Crippen molar-refractivity contribution in [2.75, 3.05) is 18.4 Å². The fraction of sp³-hybridized carbons (Fsp3) is 0.276. The van der Waals surface area contributed by atoms with E-state index in [0.29, 0.717) is 24.8 Å². The van der Waals surface area contributed by atoms with Gasteiger partial charge in [0, 0.05) is 35.6 Å². The lowest BCUT2D eigenvalue weighted by Crippen LogP contribution is -2.35. The van der Waals surface area contributed by atoms with Gasteiger partial charge >= 0.3 is 0 Å². The molecule has 188 valence electrons. The van der Waals surface area contributed by atoms with Crippen molar-refractivity contribution in [3.05, 3.63) is 94.3 Å². The summed E-state index contributed by atoms with van der Waals surface area (Å²) in [5, 5.41) is 13.6. The van der Waals surface area contributed by atoms with Crippen LogP contribution < -0.4 is 16.2 Å². The smallest absolute Gasteiger partial charge is 0.266 e. The number of piperidine rings is 1. The van der Waals surface area contributed by atoms with Crippen LogP contribution in [0.2, 0.25) is 0 Å². The van der Waals surface area contributed by atoms with Crippen molar-refractivity contribution in [2.24, 2.45) is 0 Å². The molecule has 4 heterocycles. The molecule has 37 heavy (non-hydrogen) atoms. The van der Waals surface area contributed by atoms with Gasteiger partial charge in [-0.2, -0.15) is 5.10 Å². The van der Waals surface area contributed by atoms with E-state index in [1.807, 2.05) is 30.0 Å². The van der Waals surface area contributed by atoms with E-state index in [0.717, 1.165) is 64.6 Å². The van der Waals surface area contributed by atoms with Gasteiger partial charge in [-0.15, -0.1) is 0 Å². The van der Waals surface area contributed by atoms with Crippen molar-refractivity contribution in [3.8, 4) is 5.82 Å². The van der Waals surface area contributed by atoms with Crippen molar-refractivity contribution in [1.29, 1.82) is 0 Å². The van der Waals surface area contributed by atoms with E-state index in [-0.39, 0.29) is 11.4 Å². The zero-order valence-corrected chi connectivity index (χ0v) is 20.7. The zero-order chi connectivity index (χ0) is 25.4. The number of halogens is 1. The first-order valence-electron chi connectivity index (χ1n) is 12.8. The first-order valence-corrected chi connectivity index (χ1v) is 12.8.